The van der Waals surface area contributed by atoms with Crippen molar-refractivity contribution >= 4 is 54.0 Å². The SMILES string of the molecule is O=C(Nc1cc(S(=O)(=O)O)cc2cc(S(=O)(=O)O)c(N=Nc3ccccc3)c(O)c12)c1ccccc1. The summed E-state index contributed by atoms with van der Waals surface area (Å²) < 4.78 is 67.3. The molecule has 11 nitrogen and oxygen atoms in total. The van der Waals surface area contributed by atoms with Gasteiger partial charge in [-0.2, -0.15) is 21.9 Å². The lowest BCUT2D eigenvalue weighted by atomic mass is 10.1. The van der Waals surface area contributed by atoms with Crippen LogP contribution in [0.3, 0.4) is 0 Å². The number of rotatable bonds is 6. The van der Waals surface area contributed by atoms with E-state index >= 15 is 0 Å². The molecule has 1 amide bonds. The molecule has 184 valence electrons. The van der Waals surface area contributed by atoms with Gasteiger partial charge in [-0.3, -0.25) is 13.9 Å². The van der Waals surface area contributed by atoms with Gasteiger partial charge < -0.3 is 10.4 Å². The van der Waals surface area contributed by atoms with E-state index in [4.69, 9.17) is 0 Å². The number of azo groups is 1. The van der Waals surface area contributed by atoms with Gasteiger partial charge in [-0.15, -0.1) is 5.11 Å². The van der Waals surface area contributed by atoms with Gasteiger partial charge in [0.25, 0.3) is 26.1 Å². The molecule has 0 heterocycles. The van der Waals surface area contributed by atoms with E-state index in [0.717, 1.165) is 18.2 Å². The standard InChI is InChI=1S/C23H17N3O8S2/c27-22-20-15(12-19(36(32,33)34)21(22)26-25-16-9-5-2-6-10-16)11-17(35(29,30)31)13-18(20)24-23(28)14-7-3-1-4-8-14/h1-13,27H,(H,24,28)(H,29,30,31)(H,32,33,34). The van der Waals surface area contributed by atoms with Crippen molar-refractivity contribution in [3.63, 3.8) is 0 Å². The molecular weight excluding hydrogens is 510 g/mol. The van der Waals surface area contributed by atoms with Crippen molar-refractivity contribution < 1.29 is 35.8 Å². The lowest BCUT2D eigenvalue weighted by molar-refractivity contribution is 0.102. The molecule has 4 aromatic carbocycles. The molecule has 0 saturated carbocycles. The average molecular weight is 528 g/mol. The molecule has 0 atom stereocenters. The predicted octanol–water partition coefficient (Wildman–Crippen LogP) is 4.71. The maximum absolute atomic E-state index is 12.8. The van der Waals surface area contributed by atoms with Crippen LogP contribution in [0.5, 0.6) is 5.75 Å². The topological polar surface area (TPSA) is 183 Å². The minimum atomic E-state index is -4.99. The number of fused-ring (bicyclic) bond motifs is 1. The normalized spacial score (nSPS) is 12.2. The molecular formula is C23H17N3O8S2. The number of aromatic hydroxyl groups is 1. The van der Waals surface area contributed by atoms with E-state index in [1.54, 1.807) is 48.5 Å². The molecule has 0 radical (unpaired) electrons. The van der Waals surface area contributed by atoms with Gasteiger partial charge in [0.15, 0.2) is 5.75 Å². The van der Waals surface area contributed by atoms with Crippen molar-refractivity contribution in [2.75, 3.05) is 5.32 Å². The highest BCUT2D eigenvalue weighted by molar-refractivity contribution is 7.86. The lowest BCUT2D eigenvalue weighted by Gasteiger charge is -2.15. The molecule has 13 heteroatoms. The summed E-state index contributed by atoms with van der Waals surface area (Å²) in [6, 6.07) is 18.6. The third-order valence-electron chi connectivity index (χ3n) is 5.01. The van der Waals surface area contributed by atoms with Gasteiger partial charge in [-0.1, -0.05) is 36.4 Å². The number of amides is 1. The first kappa shape index (κ1) is 24.9. The zero-order chi connectivity index (χ0) is 26.1. The first-order valence-electron chi connectivity index (χ1n) is 10.1. The number of hydrogen-bond acceptors (Lipinski definition) is 8. The highest BCUT2D eigenvalue weighted by Gasteiger charge is 2.26. The third kappa shape index (κ3) is 5.23. The number of nitrogens with zero attached hydrogens (tertiary/aromatic N) is 2. The maximum Gasteiger partial charge on any atom is 0.296 e. The second-order valence-electron chi connectivity index (χ2n) is 7.45. The van der Waals surface area contributed by atoms with Gasteiger partial charge in [0.1, 0.15) is 10.6 Å². The first-order valence-corrected chi connectivity index (χ1v) is 12.9. The van der Waals surface area contributed by atoms with Crippen LogP contribution < -0.4 is 5.32 Å². The number of carbonyl (C=O) groups is 1. The summed E-state index contributed by atoms with van der Waals surface area (Å²) in [7, 11) is -9.81. The summed E-state index contributed by atoms with van der Waals surface area (Å²) in [6.07, 6.45) is 0. The number of carbonyl (C=O) groups excluding carboxylic acids is 1. The Hall–Kier alpha value is -4.17. The van der Waals surface area contributed by atoms with Crippen LogP contribution in [0.2, 0.25) is 0 Å². The fourth-order valence-electron chi connectivity index (χ4n) is 3.39. The van der Waals surface area contributed by atoms with E-state index in [9.17, 15) is 35.8 Å². The Morgan fingerprint density at radius 3 is 1.97 bits per heavy atom. The van der Waals surface area contributed by atoms with Crippen molar-refractivity contribution in [3.05, 3.63) is 84.4 Å². The van der Waals surface area contributed by atoms with Crippen LogP contribution in [0.25, 0.3) is 10.8 Å². The van der Waals surface area contributed by atoms with Crippen LogP contribution in [0.15, 0.2) is 98.9 Å². The Labute approximate surface area is 205 Å². The van der Waals surface area contributed by atoms with Crippen LogP contribution in [0.1, 0.15) is 10.4 Å². The van der Waals surface area contributed by atoms with Crippen LogP contribution in [0, 0.1) is 0 Å². The number of hydrogen-bond donors (Lipinski definition) is 4. The minimum Gasteiger partial charge on any atom is -0.505 e. The van der Waals surface area contributed by atoms with E-state index in [1.165, 1.54) is 12.1 Å². The highest BCUT2D eigenvalue weighted by Crippen LogP contribution is 2.45. The van der Waals surface area contributed by atoms with Crippen molar-refractivity contribution in [1.82, 2.24) is 0 Å². The van der Waals surface area contributed by atoms with Crippen LogP contribution in [0.4, 0.5) is 17.1 Å². The van der Waals surface area contributed by atoms with E-state index < -0.39 is 47.4 Å². The predicted molar refractivity (Wildman–Crippen MR) is 130 cm³/mol. The molecule has 0 aliphatic carbocycles. The fourth-order valence-corrected chi connectivity index (χ4v) is 4.59. The monoisotopic (exact) mass is 527 g/mol. The number of phenols is 1. The zero-order valence-corrected chi connectivity index (χ0v) is 19.7. The van der Waals surface area contributed by atoms with Crippen molar-refractivity contribution in [3.8, 4) is 5.75 Å². The van der Waals surface area contributed by atoms with Gasteiger partial charge in [0.05, 0.1) is 16.3 Å². The number of benzene rings is 4. The van der Waals surface area contributed by atoms with Gasteiger partial charge >= 0.3 is 0 Å². The largest absolute Gasteiger partial charge is 0.505 e. The van der Waals surface area contributed by atoms with Gasteiger partial charge in [0, 0.05) is 10.9 Å². The zero-order valence-electron chi connectivity index (χ0n) is 18.1. The molecule has 0 spiro atoms. The molecule has 4 rings (SSSR count). The average Bonchev–Trinajstić information content (AvgIpc) is 2.83. The quantitative estimate of drug-likeness (QED) is 0.205. The molecule has 0 aromatic heterocycles. The van der Waals surface area contributed by atoms with Crippen LogP contribution in [-0.2, 0) is 20.2 Å². The molecule has 0 aliphatic heterocycles. The fraction of sp³-hybridized carbons (Fsp3) is 0. The van der Waals surface area contributed by atoms with Gasteiger partial charge in [-0.05, 0) is 47.9 Å². The maximum atomic E-state index is 12.8. The number of anilines is 1. The van der Waals surface area contributed by atoms with Gasteiger partial charge in [-0.25, -0.2) is 0 Å². The summed E-state index contributed by atoms with van der Waals surface area (Å²) in [5, 5.41) is 20.7. The number of phenolic OH excluding ortho intramolecular Hbond substituents is 1. The first-order chi connectivity index (χ1) is 16.9. The Morgan fingerprint density at radius 1 is 0.778 bits per heavy atom. The Kier molecular flexibility index (Phi) is 6.56. The highest BCUT2D eigenvalue weighted by atomic mass is 32.2. The summed E-state index contributed by atoms with van der Waals surface area (Å²) in [5.74, 6) is -1.50. The van der Waals surface area contributed by atoms with Crippen molar-refractivity contribution in [2.24, 2.45) is 10.2 Å². The van der Waals surface area contributed by atoms with Crippen LogP contribution in [-0.4, -0.2) is 37.0 Å². The second-order valence-corrected chi connectivity index (χ2v) is 10.3. The Balaban J connectivity index is 2.01. The van der Waals surface area contributed by atoms with Crippen molar-refractivity contribution in [2.45, 2.75) is 9.79 Å². The molecule has 4 N–H and O–H groups in total. The van der Waals surface area contributed by atoms with E-state index in [0.29, 0.717) is 5.69 Å². The lowest BCUT2D eigenvalue weighted by Crippen LogP contribution is -2.13. The smallest absolute Gasteiger partial charge is 0.296 e. The molecule has 0 bridgehead atoms. The molecule has 0 aliphatic rings. The molecule has 0 fully saturated rings. The summed E-state index contributed by atoms with van der Waals surface area (Å²) in [5.41, 5.74) is -0.424. The number of nitrogens with one attached hydrogen (secondary N) is 1. The van der Waals surface area contributed by atoms with Gasteiger partial charge in [0.2, 0.25) is 0 Å². The minimum absolute atomic E-state index is 0.195. The second kappa shape index (κ2) is 9.47. The third-order valence-corrected chi connectivity index (χ3v) is 6.70. The Morgan fingerprint density at radius 2 is 1.39 bits per heavy atom. The molecule has 0 saturated heterocycles. The summed E-state index contributed by atoms with van der Waals surface area (Å²) in [4.78, 5) is 11.2. The van der Waals surface area contributed by atoms with E-state index in [1.807, 2.05) is 0 Å². The molecule has 36 heavy (non-hydrogen) atoms. The molecule has 4 aromatic rings. The molecule has 0 unspecified atom stereocenters. The Bertz CT molecular complexity index is 1720. The van der Waals surface area contributed by atoms with E-state index in [2.05, 4.69) is 15.5 Å². The van der Waals surface area contributed by atoms with Crippen molar-refractivity contribution in [1.29, 1.82) is 0 Å². The van der Waals surface area contributed by atoms with Crippen LogP contribution >= 0.6 is 0 Å². The van der Waals surface area contributed by atoms with E-state index in [-0.39, 0.29) is 22.0 Å². The summed E-state index contributed by atoms with van der Waals surface area (Å²) in [6.45, 7) is 0. The summed E-state index contributed by atoms with van der Waals surface area (Å²) >= 11 is 0.